The number of hydrogen-bond acceptors (Lipinski definition) is 1. The van der Waals surface area contributed by atoms with Gasteiger partial charge in [-0.2, -0.15) is 0 Å². The average molecular weight is 451 g/mol. The molecule has 0 N–H and O–H groups in total. The molecule has 0 spiro atoms. The Morgan fingerprint density at radius 1 is 0.909 bits per heavy atom. The maximum Gasteiger partial charge on any atom is 0.166 e. The van der Waals surface area contributed by atoms with E-state index in [4.69, 9.17) is 4.74 Å². The first-order valence-electron chi connectivity index (χ1n) is 11.6. The molecule has 172 valence electrons. The lowest BCUT2D eigenvalue weighted by molar-refractivity contribution is 0.0321. The number of ether oxygens (including phenoxy) is 1. The zero-order valence-electron chi connectivity index (χ0n) is 18.9. The number of benzene rings is 3. The third-order valence-corrected chi connectivity index (χ3v) is 6.51. The van der Waals surface area contributed by atoms with E-state index < -0.39 is 11.6 Å². The SMILES string of the molecule is C=CC1CCC(c2ccc(-c3ccc(-c4ccc(CCCC)c(F)c4F)cc3)cc2F)CO1. The van der Waals surface area contributed by atoms with Crippen molar-refractivity contribution in [3.05, 3.63) is 95.8 Å². The summed E-state index contributed by atoms with van der Waals surface area (Å²) in [5, 5.41) is 0. The Kier molecular flexibility index (Phi) is 7.34. The molecule has 2 unspecified atom stereocenters. The minimum absolute atomic E-state index is 0.0378. The van der Waals surface area contributed by atoms with Gasteiger partial charge in [0.05, 0.1) is 12.7 Å². The largest absolute Gasteiger partial charge is 0.374 e. The normalized spacial score (nSPS) is 18.3. The van der Waals surface area contributed by atoms with Crippen LogP contribution in [0.5, 0.6) is 0 Å². The Hall–Kier alpha value is -2.85. The van der Waals surface area contributed by atoms with E-state index in [1.165, 1.54) is 6.07 Å². The second-order valence-electron chi connectivity index (χ2n) is 8.70. The van der Waals surface area contributed by atoms with Crippen LogP contribution in [0.4, 0.5) is 13.2 Å². The van der Waals surface area contributed by atoms with E-state index in [1.807, 2.05) is 31.2 Å². The van der Waals surface area contributed by atoms with Crippen molar-refractivity contribution in [1.29, 1.82) is 0 Å². The molecule has 0 amide bonds. The van der Waals surface area contributed by atoms with Crippen LogP contribution in [0.1, 0.15) is 49.7 Å². The van der Waals surface area contributed by atoms with E-state index >= 15 is 0 Å². The highest BCUT2D eigenvalue weighted by Crippen LogP contribution is 2.33. The molecule has 0 bridgehead atoms. The Balaban J connectivity index is 1.52. The molecule has 0 saturated carbocycles. The summed E-state index contributed by atoms with van der Waals surface area (Å²) in [5.41, 5.74) is 3.45. The van der Waals surface area contributed by atoms with Crippen LogP contribution in [0.3, 0.4) is 0 Å². The quantitative estimate of drug-likeness (QED) is 0.329. The van der Waals surface area contributed by atoms with E-state index in [0.29, 0.717) is 29.7 Å². The molecule has 1 aliphatic rings. The van der Waals surface area contributed by atoms with E-state index in [-0.39, 0.29) is 23.4 Å². The lowest BCUT2D eigenvalue weighted by Crippen LogP contribution is -2.23. The summed E-state index contributed by atoms with van der Waals surface area (Å²) in [6, 6.07) is 15.7. The highest BCUT2D eigenvalue weighted by atomic mass is 19.2. The van der Waals surface area contributed by atoms with Crippen molar-refractivity contribution < 1.29 is 17.9 Å². The minimum atomic E-state index is -0.819. The Labute approximate surface area is 193 Å². The van der Waals surface area contributed by atoms with Crippen molar-refractivity contribution in [2.24, 2.45) is 0 Å². The fourth-order valence-electron chi connectivity index (χ4n) is 4.46. The average Bonchev–Trinajstić information content (AvgIpc) is 2.85. The first-order valence-corrected chi connectivity index (χ1v) is 11.6. The molecule has 1 fully saturated rings. The molecule has 3 aromatic rings. The summed E-state index contributed by atoms with van der Waals surface area (Å²) in [4.78, 5) is 0. The van der Waals surface area contributed by atoms with Gasteiger partial charge < -0.3 is 4.74 Å². The van der Waals surface area contributed by atoms with Crippen LogP contribution >= 0.6 is 0 Å². The van der Waals surface area contributed by atoms with Crippen molar-refractivity contribution in [3.63, 3.8) is 0 Å². The van der Waals surface area contributed by atoms with Crippen molar-refractivity contribution in [2.75, 3.05) is 6.61 Å². The molecule has 4 rings (SSSR count). The molecule has 33 heavy (non-hydrogen) atoms. The minimum Gasteiger partial charge on any atom is -0.374 e. The molecular formula is C29H29F3O. The third kappa shape index (κ3) is 5.06. The van der Waals surface area contributed by atoms with Crippen LogP contribution < -0.4 is 0 Å². The topological polar surface area (TPSA) is 9.23 Å². The summed E-state index contributed by atoms with van der Waals surface area (Å²) in [5.74, 6) is -1.80. The van der Waals surface area contributed by atoms with Gasteiger partial charge in [0, 0.05) is 11.5 Å². The highest BCUT2D eigenvalue weighted by Gasteiger charge is 2.23. The maximum atomic E-state index is 14.9. The van der Waals surface area contributed by atoms with Crippen LogP contribution in [0.2, 0.25) is 0 Å². The standard InChI is InChI=1S/C29H29F3O/c1-3-5-6-21-12-16-26(29(32)28(21)31)20-9-7-19(8-10-20)22-13-15-25(27(30)17-22)23-11-14-24(4-2)33-18-23/h4,7-10,12-13,15-17,23-24H,2-3,5-6,11,14,18H2,1H3. The summed E-state index contributed by atoms with van der Waals surface area (Å²) in [6.07, 6.45) is 5.82. The number of aryl methyl sites for hydroxylation is 1. The molecule has 1 saturated heterocycles. The predicted molar refractivity (Wildman–Crippen MR) is 128 cm³/mol. The number of halogens is 3. The first kappa shape index (κ1) is 23.3. The van der Waals surface area contributed by atoms with E-state index in [0.717, 1.165) is 36.8 Å². The highest BCUT2D eigenvalue weighted by molar-refractivity contribution is 5.71. The number of unbranched alkanes of at least 4 members (excludes halogenated alkanes) is 1. The molecule has 4 heteroatoms. The van der Waals surface area contributed by atoms with Crippen molar-refractivity contribution in [1.82, 2.24) is 0 Å². The molecule has 3 aromatic carbocycles. The van der Waals surface area contributed by atoms with Crippen LogP contribution in [-0.4, -0.2) is 12.7 Å². The molecule has 2 atom stereocenters. The Bertz CT molecular complexity index is 1110. The fourth-order valence-corrected chi connectivity index (χ4v) is 4.46. The summed E-state index contributed by atoms with van der Waals surface area (Å²) < 4.78 is 49.8. The number of rotatable bonds is 7. The van der Waals surface area contributed by atoms with Gasteiger partial charge in [0.15, 0.2) is 11.6 Å². The lowest BCUT2D eigenvalue weighted by Gasteiger charge is -2.27. The number of hydrogen-bond donors (Lipinski definition) is 0. The van der Waals surface area contributed by atoms with Gasteiger partial charge in [-0.05, 0) is 59.6 Å². The van der Waals surface area contributed by atoms with Gasteiger partial charge in [0.1, 0.15) is 5.82 Å². The van der Waals surface area contributed by atoms with E-state index in [9.17, 15) is 13.2 Å². The molecule has 0 radical (unpaired) electrons. The van der Waals surface area contributed by atoms with Crippen LogP contribution in [0.15, 0.2) is 67.3 Å². The van der Waals surface area contributed by atoms with Gasteiger partial charge in [-0.15, -0.1) is 6.58 Å². The van der Waals surface area contributed by atoms with E-state index in [1.54, 1.807) is 30.3 Å². The molecule has 0 aliphatic carbocycles. The van der Waals surface area contributed by atoms with Gasteiger partial charge in [-0.25, -0.2) is 13.2 Å². The molecular weight excluding hydrogens is 421 g/mol. The molecule has 1 heterocycles. The smallest absolute Gasteiger partial charge is 0.166 e. The Morgan fingerprint density at radius 2 is 1.64 bits per heavy atom. The van der Waals surface area contributed by atoms with Crippen molar-refractivity contribution >= 4 is 0 Å². The maximum absolute atomic E-state index is 14.9. The summed E-state index contributed by atoms with van der Waals surface area (Å²) >= 11 is 0. The predicted octanol–water partition coefficient (Wildman–Crippen LogP) is 8.23. The lowest BCUT2D eigenvalue weighted by atomic mass is 9.89. The zero-order valence-corrected chi connectivity index (χ0v) is 18.9. The van der Waals surface area contributed by atoms with Crippen molar-refractivity contribution in [3.8, 4) is 22.3 Å². The molecule has 1 nitrogen and oxygen atoms in total. The van der Waals surface area contributed by atoms with E-state index in [2.05, 4.69) is 6.58 Å². The van der Waals surface area contributed by atoms with Gasteiger partial charge in [-0.3, -0.25) is 0 Å². The molecule has 1 aliphatic heterocycles. The van der Waals surface area contributed by atoms with Gasteiger partial charge in [0.2, 0.25) is 0 Å². The Morgan fingerprint density at radius 3 is 2.27 bits per heavy atom. The molecule has 0 aromatic heterocycles. The summed E-state index contributed by atoms with van der Waals surface area (Å²) in [7, 11) is 0. The van der Waals surface area contributed by atoms with Gasteiger partial charge in [-0.1, -0.05) is 68.0 Å². The van der Waals surface area contributed by atoms with Crippen LogP contribution in [-0.2, 0) is 11.2 Å². The fraction of sp³-hybridized carbons (Fsp3) is 0.310. The zero-order chi connectivity index (χ0) is 23.4. The van der Waals surface area contributed by atoms with Gasteiger partial charge >= 0.3 is 0 Å². The first-order chi connectivity index (χ1) is 16.0. The van der Waals surface area contributed by atoms with Crippen molar-refractivity contribution in [2.45, 2.75) is 51.0 Å². The van der Waals surface area contributed by atoms with Crippen LogP contribution in [0.25, 0.3) is 22.3 Å². The van der Waals surface area contributed by atoms with Gasteiger partial charge in [0.25, 0.3) is 0 Å². The third-order valence-electron chi connectivity index (χ3n) is 6.51. The second kappa shape index (κ2) is 10.4. The monoisotopic (exact) mass is 450 g/mol. The second-order valence-corrected chi connectivity index (χ2v) is 8.70. The van der Waals surface area contributed by atoms with Crippen LogP contribution in [0, 0.1) is 17.5 Å². The summed E-state index contributed by atoms with van der Waals surface area (Å²) in [6.45, 7) is 6.26.